The molecule has 1 aliphatic heterocycles. The highest BCUT2D eigenvalue weighted by Gasteiger charge is 2.31. The van der Waals surface area contributed by atoms with Crippen molar-refractivity contribution < 1.29 is 22.3 Å². The smallest absolute Gasteiger partial charge is 0.416 e. The summed E-state index contributed by atoms with van der Waals surface area (Å²) >= 11 is 0. The Hall–Kier alpha value is -3.00. The SMILES string of the molecule is COc1ccc2c(CN3CCN(c4cccc(C(F)(F)F)c4)CC3)cc(=O)oc2c1. The summed E-state index contributed by atoms with van der Waals surface area (Å²) in [5.41, 5.74) is 0.840. The summed E-state index contributed by atoms with van der Waals surface area (Å²) in [5, 5.41) is 0.843. The van der Waals surface area contributed by atoms with Gasteiger partial charge in [0.2, 0.25) is 0 Å². The number of methoxy groups -OCH3 is 1. The van der Waals surface area contributed by atoms with Crippen LogP contribution >= 0.6 is 0 Å². The summed E-state index contributed by atoms with van der Waals surface area (Å²) in [6.07, 6.45) is -4.35. The van der Waals surface area contributed by atoms with E-state index in [1.807, 2.05) is 17.0 Å². The van der Waals surface area contributed by atoms with Crippen LogP contribution in [0.1, 0.15) is 11.1 Å². The van der Waals surface area contributed by atoms with Crippen LogP contribution in [0.5, 0.6) is 5.75 Å². The van der Waals surface area contributed by atoms with E-state index in [-0.39, 0.29) is 0 Å². The number of ether oxygens (including phenoxy) is 1. The molecule has 0 spiro atoms. The molecule has 2 heterocycles. The second-order valence-electron chi connectivity index (χ2n) is 7.26. The Balaban J connectivity index is 1.48. The van der Waals surface area contributed by atoms with E-state index < -0.39 is 17.4 Å². The zero-order valence-corrected chi connectivity index (χ0v) is 16.4. The first-order valence-corrected chi connectivity index (χ1v) is 9.59. The van der Waals surface area contributed by atoms with E-state index in [2.05, 4.69) is 4.90 Å². The number of nitrogens with zero attached hydrogens (tertiary/aromatic N) is 2. The van der Waals surface area contributed by atoms with Crippen molar-refractivity contribution in [1.82, 2.24) is 4.90 Å². The van der Waals surface area contributed by atoms with Crippen molar-refractivity contribution in [3.05, 3.63) is 70.1 Å². The van der Waals surface area contributed by atoms with Gasteiger partial charge in [-0.3, -0.25) is 4.90 Å². The topological polar surface area (TPSA) is 45.9 Å². The maximum Gasteiger partial charge on any atom is 0.416 e. The number of piperazine rings is 1. The van der Waals surface area contributed by atoms with Crippen LogP contribution in [0.3, 0.4) is 0 Å². The third-order valence-corrected chi connectivity index (χ3v) is 5.34. The van der Waals surface area contributed by atoms with Gasteiger partial charge in [0.05, 0.1) is 12.7 Å². The maximum atomic E-state index is 13.0. The van der Waals surface area contributed by atoms with Crippen LogP contribution in [0, 0.1) is 0 Å². The summed E-state index contributed by atoms with van der Waals surface area (Å²) in [5.74, 6) is 0.609. The number of halogens is 3. The van der Waals surface area contributed by atoms with Crippen molar-refractivity contribution in [2.24, 2.45) is 0 Å². The van der Waals surface area contributed by atoms with Gasteiger partial charge in [0.15, 0.2) is 0 Å². The molecule has 158 valence electrons. The van der Waals surface area contributed by atoms with Gasteiger partial charge in [0.1, 0.15) is 11.3 Å². The van der Waals surface area contributed by atoms with Crippen LogP contribution in [0.4, 0.5) is 18.9 Å². The number of benzene rings is 2. The molecule has 1 saturated heterocycles. The first-order valence-electron chi connectivity index (χ1n) is 9.59. The summed E-state index contributed by atoms with van der Waals surface area (Å²) in [4.78, 5) is 16.1. The van der Waals surface area contributed by atoms with E-state index in [1.54, 1.807) is 19.2 Å². The number of alkyl halides is 3. The molecule has 4 rings (SSSR count). The molecule has 1 aromatic heterocycles. The lowest BCUT2D eigenvalue weighted by Crippen LogP contribution is -2.46. The monoisotopic (exact) mass is 418 g/mol. The van der Waals surface area contributed by atoms with Gasteiger partial charge >= 0.3 is 11.8 Å². The van der Waals surface area contributed by atoms with Gasteiger partial charge < -0.3 is 14.1 Å². The zero-order chi connectivity index (χ0) is 21.3. The summed E-state index contributed by atoms with van der Waals surface area (Å²) in [6, 6.07) is 12.3. The lowest BCUT2D eigenvalue weighted by atomic mass is 10.1. The summed E-state index contributed by atoms with van der Waals surface area (Å²) < 4.78 is 49.4. The fourth-order valence-electron chi connectivity index (χ4n) is 3.75. The van der Waals surface area contributed by atoms with Crippen LogP contribution in [-0.4, -0.2) is 38.2 Å². The van der Waals surface area contributed by atoms with Gasteiger partial charge in [-0.05, 0) is 35.9 Å². The highest BCUT2D eigenvalue weighted by atomic mass is 19.4. The van der Waals surface area contributed by atoms with Gasteiger partial charge in [-0.15, -0.1) is 0 Å². The highest BCUT2D eigenvalue weighted by molar-refractivity contribution is 5.81. The molecule has 3 aromatic rings. The lowest BCUT2D eigenvalue weighted by molar-refractivity contribution is -0.137. The number of hydrogen-bond acceptors (Lipinski definition) is 5. The fraction of sp³-hybridized carbons (Fsp3) is 0.318. The van der Waals surface area contributed by atoms with E-state index in [1.165, 1.54) is 18.2 Å². The average molecular weight is 418 g/mol. The minimum absolute atomic E-state index is 0.423. The normalized spacial score (nSPS) is 15.5. The van der Waals surface area contributed by atoms with Crippen LogP contribution in [0.15, 0.2) is 57.7 Å². The predicted molar refractivity (Wildman–Crippen MR) is 108 cm³/mol. The molecule has 8 heteroatoms. The van der Waals surface area contributed by atoms with Crippen molar-refractivity contribution >= 4 is 16.7 Å². The molecule has 0 amide bonds. The van der Waals surface area contributed by atoms with Gasteiger partial charge in [0.25, 0.3) is 0 Å². The van der Waals surface area contributed by atoms with Crippen molar-refractivity contribution in [1.29, 1.82) is 0 Å². The van der Waals surface area contributed by atoms with E-state index in [4.69, 9.17) is 9.15 Å². The minimum atomic E-state index is -4.35. The van der Waals surface area contributed by atoms with Gasteiger partial charge in [-0.2, -0.15) is 13.2 Å². The Morgan fingerprint density at radius 1 is 1.03 bits per heavy atom. The zero-order valence-electron chi connectivity index (χ0n) is 16.4. The molecule has 30 heavy (non-hydrogen) atoms. The quantitative estimate of drug-likeness (QED) is 0.596. The largest absolute Gasteiger partial charge is 0.497 e. The average Bonchev–Trinajstić information content (AvgIpc) is 2.73. The molecular formula is C22H21F3N2O3. The van der Waals surface area contributed by atoms with Gasteiger partial charge in [0, 0.05) is 55.9 Å². The van der Waals surface area contributed by atoms with Gasteiger partial charge in [-0.25, -0.2) is 4.79 Å². The van der Waals surface area contributed by atoms with Crippen LogP contribution in [0.2, 0.25) is 0 Å². The van der Waals surface area contributed by atoms with Crippen molar-refractivity contribution in [2.45, 2.75) is 12.7 Å². The molecule has 1 aliphatic rings. The number of rotatable bonds is 4. The van der Waals surface area contributed by atoms with Crippen molar-refractivity contribution in [3.8, 4) is 5.75 Å². The maximum absolute atomic E-state index is 13.0. The predicted octanol–water partition coefficient (Wildman–Crippen LogP) is 4.14. The van der Waals surface area contributed by atoms with E-state index in [0.717, 1.165) is 17.0 Å². The molecule has 0 bridgehead atoms. The summed E-state index contributed by atoms with van der Waals surface area (Å²) in [6.45, 7) is 3.12. The van der Waals surface area contributed by atoms with Crippen LogP contribution in [-0.2, 0) is 12.7 Å². The first kappa shape index (κ1) is 20.3. The lowest BCUT2D eigenvalue weighted by Gasteiger charge is -2.36. The van der Waals surface area contributed by atoms with E-state index in [9.17, 15) is 18.0 Å². The fourth-order valence-corrected chi connectivity index (χ4v) is 3.75. The second-order valence-corrected chi connectivity index (χ2v) is 7.26. The summed E-state index contributed by atoms with van der Waals surface area (Å²) in [7, 11) is 1.55. The van der Waals surface area contributed by atoms with E-state index in [0.29, 0.717) is 49.7 Å². The third kappa shape index (κ3) is 4.28. The molecule has 1 fully saturated rings. The molecule has 0 N–H and O–H groups in total. The Bertz CT molecular complexity index is 1100. The molecule has 0 saturated carbocycles. The van der Waals surface area contributed by atoms with Crippen LogP contribution in [0.25, 0.3) is 11.0 Å². The Labute approximate surface area is 171 Å². The molecule has 5 nitrogen and oxygen atoms in total. The first-order chi connectivity index (χ1) is 14.3. The van der Waals surface area contributed by atoms with E-state index >= 15 is 0 Å². The second kappa shape index (κ2) is 8.02. The Morgan fingerprint density at radius 2 is 1.80 bits per heavy atom. The van der Waals surface area contributed by atoms with Gasteiger partial charge in [-0.1, -0.05) is 6.07 Å². The Kier molecular flexibility index (Phi) is 5.42. The molecule has 0 atom stereocenters. The van der Waals surface area contributed by atoms with Crippen molar-refractivity contribution in [2.75, 3.05) is 38.2 Å². The number of anilines is 1. The minimum Gasteiger partial charge on any atom is -0.497 e. The van der Waals surface area contributed by atoms with Crippen molar-refractivity contribution in [3.63, 3.8) is 0 Å². The van der Waals surface area contributed by atoms with Crippen LogP contribution < -0.4 is 15.3 Å². The molecule has 0 unspecified atom stereocenters. The standard InChI is InChI=1S/C22H21F3N2O3/c1-29-18-5-6-19-15(11-21(28)30-20(19)13-18)14-26-7-9-27(10-8-26)17-4-2-3-16(12-17)22(23,24)25/h2-6,11-13H,7-10,14H2,1H3. The molecule has 0 radical (unpaired) electrons. The molecular weight excluding hydrogens is 397 g/mol. The number of hydrogen-bond donors (Lipinski definition) is 0. The molecule has 0 aliphatic carbocycles. The highest BCUT2D eigenvalue weighted by Crippen LogP contribution is 2.32. The number of fused-ring (bicyclic) bond motifs is 1. The third-order valence-electron chi connectivity index (χ3n) is 5.34. The Morgan fingerprint density at radius 3 is 2.50 bits per heavy atom. The molecule has 2 aromatic carbocycles.